The standard InChI is InChI=1S/C13H22N2O5/c1-9(3-4-11(16)17)14-13(19)15-7-5-10(6-8-15)12(18)20-2/h9-10H,3-8H2,1-2H3,(H,14,19)(H,16,17). The highest BCUT2D eigenvalue weighted by molar-refractivity contribution is 5.76. The Balaban J connectivity index is 2.32. The average Bonchev–Trinajstić information content (AvgIpc) is 2.44. The predicted octanol–water partition coefficient (Wildman–Crippen LogP) is 0.834. The fourth-order valence-corrected chi connectivity index (χ4v) is 2.20. The van der Waals surface area contributed by atoms with Crippen molar-refractivity contribution in [2.45, 2.75) is 38.6 Å². The van der Waals surface area contributed by atoms with Crippen LogP contribution in [0.3, 0.4) is 0 Å². The van der Waals surface area contributed by atoms with Crippen LogP contribution in [0.25, 0.3) is 0 Å². The fraction of sp³-hybridized carbons (Fsp3) is 0.769. The molecule has 0 radical (unpaired) electrons. The molecule has 114 valence electrons. The molecule has 1 aliphatic heterocycles. The van der Waals surface area contributed by atoms with E-state index in [-0.39, 0.29) is 30.4 Å². The van der Waals surface area contributed by atoms with Crippen molar-refractivity contribution in [2.75, 3.05) is 20.2 Å². The number of likely N-dealkylation sites (tertiary alicyclic amines) is 1. The number of hydrogen-bond acceptors (Lipinski definition) is 4. The molecule has 0 spiro atoms. The molecule has 1 heterocycles. The smallest absolute Gasteiger partial charge is 0.317 e. The molecule has 7 heteroatoms. The predicted molar refractivity (Wildman–Crippen MR) is 71.2 cm³/mol. The number of carboxylic acid groups (broad SMARTS) is 1. The monoisotopic (exact) mass is 286 g/mol. The lowest BCUT2D eigenvalue weighted by molar-refractivity contribution is -0.146. The molecular weight excluding hydrogens is 264 g/mol. The van der Waals surface area contributed by atoms with Gasteiger partial charge in [0.25, 0.3) is 0 Å². The molecule has 20 heavy (non-hydrogen) atoms. The lowest BCUT2D eigenvalue weighted by Gasteiger charge is -2.31. The topological polar surface area (TPSA) is 95.9 Å². The number of carbonyl (C=O) groups is 3. The van der Waals surface area contributed by atoms with Gasteiger partial charge in [0, 0.05) is 25.6 Å². The molecule has 0 saturated carbocycles. The summed E-state index contributed by atoms with van der Waals surface area (Å²) in [6.45, 7) is 2.80. The van der Waals surface area contributed by atoms with Gasteiger partial charge in [-0.05, 0) is 26.2 Å². The maximum absolute atomic E-state index is 12.0. The lowest BCUT2D eigenvalue weighted by Crippen LogP contribution is -2.48. The van der Waals surface area contributed by atoms with Crippen LogP contribution in [0.5, 0.6) is 0 Å². The number of carbonyl (C=O) groups excluding carboxylic acids is 2. The van der Waals surface area contributed by atoms with E-state index < -0.39 is 5.97 Å². The number of nitrogens with one attached hydrogen (secondary N) is 1. The van der Waals surface area contributed by atoms with Crippen LogP contribution in [0.4, 0.5) is 4.79 Å². The van der Waals surface area contributed by atoms with Crippen molar-refractivity contribution in [2.24, 2.45) is 5.92 Å². The Morgan fingerprint density at radius 3 is 2.45 bits per heavy atom. The first-order valence-electron chi connectivity index (χ1n) is 6.79. The number of nitrogens with zero attached hydrogens (tertiary/aromatic N) is 1. The van der Waals surface area contributed by atoms with Gasteiger partial charge in [-0.2, -0.15) is 0 Å². The third-order valence-corrected chi connectivity index (χ3v) is 3.48. The highest BCUT2D eigenvalue weighted by Gasteiger charge is 2.28. The molecule has 0 aromatic carbocycles. The molecule has 2 N–H and O–H groups in total. The maximum Gasteiger partial charge on any atom is 0.317 e. The van der Waals surface area contributed by atoms with Crippen molar-refractivity contribution in [3.05, 3.63) is 0 Å². The van der Waals surface area contributed by atoms with E-state index in [1.165, 1.54) is 7.11 Å². The Morgan fingerprint density at radius 2 is 1.95 bits per heavy atom. The second-order valence-corrected chi connectivity index (χ2v) is 5.07. The van der Waals surface area contributed by atoms with Crippen LogP contribution < -0.4 is 5.32 Å². The number of ether oxygens (including phenoxy) is 1. The summed E-state index contributed by atoms with van der Waals surface area (Å²) in [6, 6.07) is -0.386. The van der Waals surface area contributed by atoms with Crippen molar-refractivity contribution < 1.29 is 24.2 Å². The number of urea groups is 1. The minimum absolute atomic E-state index is 0.0336. The maximum atomic E-state index is 12.0. The van der Waals surface area contributed by atoms with Crippen molar-refractivity contribution >= 4 is 18.0 Å². The molecule has 0 aliphatic carbocycles. The zero-order chi connectivity index (χ0) is 15.1. The number of hydrogen-bond donors (Lipinski definition) is 2. The third kappa shape index (κ3) is 5.07. The molecule has 0 aromatic heterocycles. The van der Waals surface area contributed by atoms with E-state index in [4.69, 9.17) is 9.84 Å². The number of rotatable bonds is 5. The molecule has 1 rings (SSSR count). The first kappa shape index (κ1) is 16.3. The Hall–Kier alpha value is -1.79. The van der Waals surface area contributed by atoms with Gasteiger partial charge in [0.2, 0.25) is 0 Å². The molecule has 1 unspecified atom stereocenters. The van der Waals surface area contributed by atoms with Crippen LogP contribution in [-0.4, -0.2) is 54.2 Å². The summed E-state index contributed by atoms with van der Waals surface area (Å²) in [6.07, 6.45) is 1.64. The molecule has 0 bridgehead atoms. The quantitative estimate of drug-likeness (QED) is 0.730. The van der Waals surface area contributed by atoms with Gasteiger partial charge in [0.1, 0.15) is 0 Å². The zero-order valence-electron chi connectivity index (χ0n) is 11.9. The number of methoxy groups -OCH3 is 1. The van der Waals surface area contributed by atoms with E-state index >= 15 is 0 Å². The second kappa shape index (κ2) is 7.72. The van der Waals surface area contributed by atoms with Crippen molar-refractivity contribution in [1.82, 2.24) is 10.2 Å². The highest BCUT2D eigenvalue weighted by Crippen LogP contribution is 2.18. The summed E-state index contributed by atoms with van der Waals surface area (Å²) in [7, 11) is 1.37. The molecule has 7 nitrogen and oxygen atoms in total. The van der Waals surface area contributed by atoms with Crippen molar-refractivity contribution in [1.29, 1.82) is 0 Å². The first-order chi connectivity index (χ1) is 9.43. The number of amides is 2. The van der Waals surface area contributed by atoms with Gasteiger partial charge in [-0.15, -0.1) is 0 Å². The Bertz CT molecular complexity index is 364. The second-order valence-electron chi connectivity index (χ2n) is 5.07. The Morgan fingerprint density at radius 1 is 1.35 bits per heavy atom. The van der Waals surface area contributed by atoms with Crippen LogP contribution in [0.15, 0.2) is 0 Å². The van der Waals surface area contributed by atoms with Gasteiger partial charge >= 0.3 is 18.0 Å². The molecule has 1 fully saturated rings. The van der Waals surface area contributed by atoms with Gasteiger partial charge in [0.05, 0.1) is 13.0 Å². The van der Waals surface area contributed by atoms with Crippen molar-refractivity contribution in [3.63, 3.8) is 0 Å². The van der Waals surface area contributed by atoms with Gasteiger partial charge in [-0.3, -0.25) is 9.59 Å². The SMILES string of the molecule is COC(=O)C1CCN(C(=O)NC(C)CCC(=O)O)CC1. The Kier molecular flexibility index (Phi) is 6.27. The first-order valence-corrected chi connectivity index (χ1v) is 6.79. The number of aliphatic carboxylic acids is 1. The van der Waals surface area contributed by atoms with Crippen LogP contribution in [0, 0.1) is 5.92 Å². The lowest BCUT2D eigenvalue weighted by atomic mass is 9.97. The summed E-state index contributed by atoms with van der Waals surface area (Å²) in [5.41, 5.74) is 0. The van der Waals surface area contributed by atoms with E-state index in [0.29, 0.717) is 32.4 Å². The molecule has 2 amide bonds. The van der Waals surface area contributed by atoms with Gasteiger partial charge in [0.15, 0.2) is 0 Å². The van der Waals surface area contributed by atoms with Crippen molar-refractivity contribution in [3.8, 4) is 0 Å². The van der Waals surface area contributed by atoms with Gasteiger partial charge in [-0.1, -0.05) is 0 Å². The van der Waals surface area contributed by atoms with E-state index in [2.05, 4.69) is 5.32 Å². The molecule has 0 aromatic rings. The van der Waals surface area contributed by atoms with E-state index in [1.54, 1.807) is 11.8 Å². The van der Waals surface area contributed by atoms with E-state index in [0.717, 1.165) is 0 Å². The van der Waals surface area contributed by atoms with E-state index in [1.807, 2.05) is 0 Å². The summed E-state index contributed by atoms with van der Waals surface area (Å²) in [5.74, 6) is -1.22. The number of piperidine rings is 1. The number of carboxylic acids is 1. The van der Waals surface area contributed by atoms with Crippen LogP contribution in [0.2, 0.25) is 0 Å². The summed E-state index contributed by atoms with van der Waals surface area (Å²) in [5, 5.41) is 11.4. The molecular formula is C13H22N2O5. The zero-order valence-corrected chi connectivity index (χ0v) is 11.9. The average molecular weight is 286 g/mol. The van der Waals surface area contributed by atoms with Gasteiger partial charge in [-0.25, -0.2) is 4.79 Å². The number of esters is 1. The molecule has 1 saturated heterocycles. The Labute approximate surface area is 118 Å². The largest absolute Gasteiger partial charge is 0.481 e. The molecule has 1 aliphatic rings. The van der Waals surface area contributed by atoms with Crippen LogP contribution in [-0.2, 0) is 14.3 Å². The highest BCUT2D eigenvalue weighted by atomic mass is 16.5. The fourth-order valence-electron chi connectivity index (χ4n) is 2.20. The molecule has 1 atom stereocenters. The third-order valence-electron chi connectivity index (χ3n) is 3.48. The minimum atomic E-state index is -0.870. The minimum Gasteiger partial charge on any atom is -0.481 e. The summed E-state index contributed by atoms with van der Waals surface area (Å²) < 4.78 is 4.69. The normalized spacial score (nSPS) is 17.4. The van der Waals surface area contributed by atoms with Crippen LogP contribution in [0.1, 0.15) is 32.6 Å². The summed E-state index contributed by atoms with van der Waals surface area (Å²) in [4.78, 5) is 35.4. The summed E-state index contributed by atoms with van der Waals surface area (Å²) >= 11 is 0. The van der Waals surface area contributed by atoms with Gasteiger partial charge < -0.3 is 20.1 Å². The van der Waals surface area contributed by atoms with E-state index in [9.17, 15) is 14.4 Å². The van der Waals surface area contributed by atoms with Crippen LogP contribution >= 0.6 is 0 Å².